The minimum absolute atomic E-state index is 0.0864. The molecule has 3 rings (SSSR count). The van der Waals surface area contributed by atoms with Crippen LogP contribution < -0.4 is 5.32 Å². The number of esters is 1. The summed E-state index contributed by atoms with van der Waals surface area (Å²) in [7, 11) is 1.29. The highest BCUT2D eigenvalue weighted by Crippen LogP contribution is 2.30. The lowest BCUT2D eigenvalue weighted by atomic mass is 10.1. The average molecular weight is 384 g/mol. The number of methoxy groups -OCH3 is 1. The molecule has 1 N–H and O–H groups in total. The number of carbonyl (C=O) groups is 1. The molecule has 0 saturated carbocycles. The molecule has 1 heterocycles. The maximum absolute atomic E-state index is 11.5. The number of pyridine rings is 1. The van der Waals surface area contributed by atoms with Crippen molar-refractivity contribution in [1.82, 2.24) is 4.98 Å². The number of hydrogen-bond acceptors (Lipinski definition) is 6. The summed E-state index contributed by atoms with van der Waals surface area (Å²) in [6.45, 7) is 0. The molecule has 2 aromatic carbocycles. The number of benzene rings is 2. The van der Waals surface area contributed by atoms with Crippen molar-refractivity contribution in [1.29, 1.82) is 0 Å². The third-order valence-corrected chi connectivity index (χ3v) is 3.99. The molecule has 0 radical (unpaired) electrons. The van der Waals surface area contributed by atoms with Gasteiger partial charge in [0, 0.05) is 22.3 Å². The fraction of sp³-hybridized carbons (Fsp3) is 0.0526. The van der Waals surface area contributed by atoms with E-state index in [-0.39, 0.29) is 11.5 Å². The number of ether oxygens (including phenoxy) is 1. The van der Waals surface area contributed by atoms with Crippen LogP contribution in [0, 0.1) is 10.1 Å². The molecule has 0 fully saturated rings. The van der Waals surface area contributed by atoms with Crippen molar-refractivity contribution in [2.45, 2.75) is 0 Å². The molecular weight excluding hydrogens is 370 g/mol. The van der Waals surface area contributed by atoms with E-state index in [1.807, 2.05) is 6.07 Å². The number of carbonyl (C=O) groups excluding carboxylic acids is 1. The van der Waals surface area contributed by atoms with Crippen molar-refractivity contribution < 1.29 is 14.5 Å². The van der Waals surface area contributed by atoms with E-state index in [0.29, 0.717) is 22.0 Å². The number of aromatic nitrogens is 1. The molecule has 0 aliphatic carbocycles. The molecule has 27 heavy (non-hydrogen) atoms. The van der Waals surface area contributed by atoms with Gasteiger partial charge in [0.25, 0.3) is 0 Å². The van der Waals surface area contributed by atoms with Gasteiger partial charge in [-0.25, -0.2) is 9.78 Å². The van der Waals surface area contributed by atoms with Gasteiger partial charge in [0.1, 0.15) is 0 Å². The first-order chi connectivity index (χ1) is 13.0. The lowest BCUT2D eigenvalue weighted by Crippen LogP contribution is -2.03. The quantitative estimate of drug-likeness (QED) is 0.385. The van der Waals surface area contributed by atoms with E-state index in [2.05, 4.69) is 15.0 Å². The second kappa shape index (κ2) is 7.84. The zero-order chi connectivity index (χ0) is 19.4. The third kappa shape index (κ3) is 4.21. The van der Waals surface area contributed by atoms with Gasteiger partial charge in [-0.2, -0.15) is 0 Å². The molecule has 1 aromatic heterocycles. The summed E-state index contributed by atoms with van der Waals surface area (Å²) in [5.74, 6) is -0.378. The van der Waals surface area contributed by atoms with Crippen molar-refractivity contribution in [3.8, 4) is 11.3 Å². The van der Waals surface area contributed by atoms with Crippen LogP contribution in [0.25, 0.3) is 11.3 Å². The molecule has 0 aliphatic heterocycles. The first kappa shape index (κ1) is 18.3. The Morgan fingerprint density at radius 3 is 2.52 bits per heavy atom. The molecule has 3 aromatic rings. The Bertz CT molecular complexity index is 1010. The monoisotopic (exact) mass is 383 g/mol. The lowest BCUT2D eigenvalue weighted by molar-refractivity contribution is -0.384. The second-order valence-electron chi connectivity index (χ2n) is 5.53. The highest BCUT2D eigenvalue weighted by molar-refractivity contribution is 6.30. The number of nitrogens with zero attached hydrogens (tertiary/aromatic N) is 2. The fourth-order valence-corrected chi connectivity index (χ4v) is 2.63. The zero-order valence-electron chi connectivity index (χ0n) is 14.2. The summed E-state index contributed by atoms with van der Waals surface area (Å²) < 4.78 is 4.65. The molecular formula is C19H14ClN3O4. The molecule has 0 bridgehead atoms. The second-order valence-corrected chi connectivity index (χ2v) is 5.96. The van der Waals surface area contributed by atoms with Gasteiger partial charge < -0.3 is 10.1 Å². The summed E-state index contributed by atoms with van der Waals surface area (Å²) in [4.78, 5) is 26.7. The van der Waals surface area contributed by atoms with Crippen LogP contribution in [-0.2, 0) is 4.74 Å². The SMILES string of the molecule is COC(=O)c1ccc(Nc2nc(-c3cccc(Cl)c3)ccc2[N+](=O)[O-])cc1. The van der Waals surface area contributed by atoms with Crippen LogP contribution in [-0.4, -0.2) is 23.0 Å². The van der Waals surface area contributed by atoms with E-state index in [9.17, 15) is 14.9 Å². The summed E-state index contributed by atoms with van der Waals surface area (Å²) in [6.07, 6.45) is 0. The minimum Gasteiger partial charge on any atom is -0.465 e. The molecule has 0 aliphatic rings. The van der Waals surface area contributed by atoms with Gasteiger partial charge >= 0.3 is 11.7 Å². The van der Waals surface area contributed by atoms with Crippen LogP contribution >= 0.6 is 11.6 Å². The number of anilines is 2. The summed E-state index contributed by atoms with van der Waals surface area (Å²) in [5.41, 5.74) is 2.02. The lowest BCUT2D eigenvalue weighted by Gasteiger charge is -2.09. The maximum atomic E-state index is 11.5. The largest absolute Gasteiger partial charge is 0.465 e. The summed E-state index contributed by atoms with van der Waals surface area (Å²) in [5, 5.41) is 14.8. The van der Waals surface area contributed by atoms with Gasteiger partial charge in [-0.1, -0.05) is 23.7 Å². The highest BCUT2D eigenvalue weighted by Gasteiger charge is 2.17. The van der Waals surface area contributed by atoms with Crippen LogP contribution in [0.2, 0.25) is 5.02 Å². The van der Waals surface area contributed by atoms with Crippen molar-refractivity contribution in [2.24, 2.45) is 0 Å². The topological polar surface area (TPSA) is 94.4 Å². The normalized spacial score (nSPS) is 10.3. The van der Waals surface area contributed by atoms with Crippen LogP contribution in [0.1, 0.15) is 10.4 Å². The van der Waals surface area contributed by atoms with Crippen molar-refractivity contribution >= 4 is 34.8 Å². The molecule has 136 valence electrons. The van der Waals surface area contributed by atoms with E-state index in [4.69, 9.17) is 11.6 Å². The van der Waals surface area contributed by atoms with E-state index >= 15 is 0 Å². The van der Waals surface area contributed by atoms with Gasteiger partial charge in [-0.3, -0.25) is 10.1 Å². The Morgan fingerprint density at radius 2 is 1.89 bits per heavy atom. The molecule has 0 amide bonds. The minimum atomic E-state index is -0.514. The van der Waals surface area contributed by atoms with Crippen LogP contribution in [0.4, 0.5) is 17.2 Å². The van der Waals surface area contributed by atoms with E-state index < -0.39 is 10.9 Å². The zero-order valence-corrected chi connectivity index (χ0v) is 14.9. The third-order valence-electron chi connectivity index (χ3n) is 3.76. The highest BCUT2D eigenvalue weighted by atomic mass is 35.5. The number of nitrogens with one attached hydrogen (secondary N) is 1. The van der Waals surface area contributed by atoms with Crippen molar-refractivity contribution in [3.05, 3.63) is 81.4 Å². The van der Waals surface area contributed by atoms with Crippen molar-refractivity contribution in [3.63, 3.8) is 0 Å². The van der Waals surface area contributed by atoms with Gasteiger partial charge in [0.05, 0.1) is 23.3 Å². The first-order valence-corrected chi connectivity index (χ1v) is 8.22. The Labute approximate surface area is 159 Å². The Kier molecular flexibility index (Phi) is 5.33. The standard InChI is InChI=1S/C19H14ClN3O4/c1-27-19(24)12-5-7-15(8-6-12)21-18-17(23(25)26)10-9-16(22-18)13-3-2-4-14(20)11-13/h2-11H,1H3,(H,21,22). The number of rotatable bonds is 5. The smallest absolute Gasteiger partial charge is 0.337 e. The van der Waals surface area contributed by atoms with Gasteiger partial charge in [-0.05, 0) is 42.5 Å². The summed E-state index contributed by atoms with van der Waals surface area (Å²) in [6, 6.07) is 16.3. The molecule has 7 nitrogen and oxygen atoms in total. The predicted molar refractivity (Wildman–Crippen MR) is 102 cm³/mol. The Balaban J connectivity index is 1.96. The van der Waals surface area contributed by atoms with Crippen LogP contribution in [0.3, 0.4) is 0 Å². The average Bonchev–Trinajstić information content (AvgIpc) is 2.67. The number of halogens is 1. The van der Waals surface area contributed by atoms with E-state index in [0.717, 1.165) is 5.56 Å². The molecule has 8 heteroatoms. The summed E-state index contributed by atoms with van der Waals surface area (Å²) >= 11 is 6.01. The Morgan fingerprint density at radius 1 is 1.15 bits per heavy atom. The predicted octanol–water partition coefficient (Wildman–Crippen LogP) is 4.84. The number of nitro groups is 1. The van der Waals surface area contributed by atoms with E-state index in [1.54, 1.807) is 48.5 Å². The van der Waals surface area contributed by atoms with Crippen LogP contribution in [0.15, 0.2) is 60.7 Å². The van der Waals surface area contributed by atoms with Crippen LogP contribution in [0.5, 0.6) is 0 Å². The molecule has 0 saturated heterocycles. The number of hydrogen-bond donors (Lipinski definition) is 1. The molecule has 0 spiro atoms. The molecule has 0 atom stereocenters. The Hall–Kier alpha value is -3.45. The van der Waals surface area contributed by atoms with Gasteiger partial charge in [0.15, 0.2) is 0 Å². The van der Waals surface area contributed by atoms with Crippen molar-refractivity contribution in [2.75, 3.05) is 12.4 Å². The fourth-order valence-electron chi connectivity index (χ4n) is 2.44. The maximum Gasteiger partial charge on any atom is 0.337 e. The first-order valence-electron chi connectivity index (χ1n) is 7.84. The van der Waals surface area contributed by atoms with Gasteiger partial charge in [-0.15, -0.1) is 0 Å². The van der Waals surface area contributed by atoms with Gasteiger partial charge in [0.2, 0.25) is 5.82 Å². The molecule has 0 unspecified atom stereocenters. The van der Waals surface area contributed by atoms with E-state index in [1.165, 1.54) is 13.2 Å².